The highest BCUT2D eigenvalue weighted by atomic mass is 19.4. The van der Waals surface area contributed by atoms with Crippen LogP contribution in [-0.2, 0) is 4.74 Å². The van der Waals surface area contributed by atoms with Crippen LogP contribution < -0.4 is 5.32 Å². The van der Waals surface area contributed by atoms with Gasteiger partial charge >= 0.3 is 6.36 Å². The Morgan fingerprint density at radius 2 is 2.06 bits per heavy atom. The lowest BCUT2D eigenvalue weighted by Gasteiger charge is -2.45. The predicted octanol–water partition coefficient (Wildman–Crippen LogP) is 1.99. The van der Waals surface area contributed by atoms with Crippen molar-refractivity contribution < 1.29 is 17.9 Å². The number of nitrogens with one attached hydrogen (secondary N) is 1. The molecule has 1 saturated carbocycles. The minimum Gasteiger partial charge on any atom is -0.308 e. The van der Waals surface area contributed by atoms with E-state index in [1.54, 1.807) is 0 Å². The van der Waals surface area contributed by atoms with Crippen molar-refractivity contribution in [3.8, 4) is 0 Å². The molecule has 1 aliphatic carbocycles. The van der Waals surface area contributed by atoms with Gasteiger partial charge in [0.15, 0.2) is 0 Å². The minimum absolute atomic E-state index is 0.0603. The van der Waals surface area contributed by atoms with Crippen molar-refractivity contribution in [2.75, 3.05) is 26.2 Å². The fraction of sp³-hybridized carbons (Fsp3) is 1.00. The Bertz CT molecular complexity index is 294. The molecule has 0 aromatic heterocycles. The van der Waals surface area contributed by atoms with E-state index in [2.05, 4.69) is 21.9 Å². The molecule has 2 rings (SSSR count). The maximum Gasteiger partial charge on any atom is 0.522 e. The Labute approximate surface area is 106 Å². The summed E-state index contributed by atoms with van der Waals surface area (Å²) in [5.41, 5.74) is 0.0603. The zero-order valence-electron chi connectivity index (χ0n) is 10.9. The second kappa shape index (κ2) is 4.98. The SMILES string of the molecule is CC1CNC(C)(C2CC2)CN1CCOC(F)(F)F. The lowest BCUT2D eigenvalue weighted by atomic mass is 9.91. The van der Waals surface area contributed by atoms with Gasteiger partial charge in [0.2, 0.25) is 0 Å². The van der Waals surface area contributed by atoms with Crippen molar-refractivity contribution in [1.82, 2.24) is 10.2 Å². The van der Waals surface area contributed by atoms with E-state index in [-0.39, 0.29) is 18.2 Å². The molecule has 0 aromatic carbocycles. The van der Waals surface area contributed by atoms with E-state index in [9.17, 15) is 13.2 Å². The van der Waals surface area contributed by atoms with Gasteiger partial charge in [-0.2, -0.15) is 0 Å². The molecule has 1 saturated heterocycles. The van der Waals surface area contributed by atoms with Crippen LogP contribution in [0.3, 0.4) is 0 Å². The van der Waals surface area contributed by atoms with Crippen LogP contribution in [0.1, 0.15) is 26.7 Å². The third-order valence-electron chi connectivity index (χ3n) is 4.08. The summed E-state index contributed by atoms with van der Waals surface area (Å²) in [5.74, 6) is 0.677. The molecule has 0 spiro atoms. The summed E-state index contributed by atoms with van der Waals surface area (Å²) in [4.78, 5) is 2.10. The fourth-order valence-electron chi connectivity index (χ4n) is 2.72. The average Bonchev–Trinajstić information content (AvgIpc) is 3.05. The van der Waals surface area contributed by atoms with Gasteiger partial charge in [0.1, 0.15) is 0 Å². The number of ether oxygens (including phenoxy) is 1. The van der Waals surface area contributed by atoms with E-state index in [1.807, 2.05) is 6.92 Å². The first-order chi connectivity index (χ1) is 8.30. The number of halogens is 3. The summed E-state index contributed by atoms with van der Waals surface area (Å²) in [5, 5.41) is 3.54. The Kier molecular flexibility index (Phi) is 3.90. The van der Waals surface area contributed by atoms with Crippen LogP contribution in [0.25, 0.3) is 0 Å². The van der Waals surface area contributed by atoms with Crippen LogP contribution in [0.4, 0.5) is 13.2 Å². The summed E-state index contributed by atoms with van der Waals surface area (Å²) in [7, 11) is 0. The fourth-order valence-corrected chi connectivity index (χ4v) is 2.72. The molecule has 2 atom stereocenters. The molecule has 1 aliphatic heterocycles. The molecule has 6 heteroatoms. The lowest BCUT2D eigenvalue weighted by molar-refractivity contribution is -0.325. The second-order valence-electron chi connectivity index (χ2n) is 5.69. The van der Waals surface area contributed by atoms with E-state index < -0.39 is 6.36 Å². The number of hydrogen-bond donors (Lipinski definition) is 1. The first-order valence-corrected chi connectivity index (χ1v) is 6.50. The summed E-state index contributed by atoms with van der Waals surface area (Å²) < 4.78 is 39.7. The van der Waals surface area contributed by atoms with Crippen molar-refractivity contribution in [2.45, 2.75) is 44.6 Å². The van der Waals surface area contributed by atoms with Gasteiger partial charge < -0.3 is 5.32 Å². The Hall–Kier alpha value is -0.330. The van der Waals surface area contributed by atoms with Crippen LogP contribution in [0.5, 0.6) is 0 Å². The zero-order chi connectivity index (χ0) is 13.4. The molecular formula is C12H21F3N2O. The van der Waals surface area contributed by atoms with Gasteiger partial charge in [0.05, 0.1) is 6.61 Å². The van der Waals surface area contributed by atoms with E-state index in [0.29, 0.717) is 12.5 Å². The molecule has 0 radical (unpaired) electrons. The molecule has 1 N–H and O–H groups in total. The summed E-state index contributed by atoms with van der Waals surface area (Å²) >= 11 is 0. The number of piperazine rings is 1. The Morgan fingerprint density at radius 1 is 1.39 bits per heavy atom. The molecule has 18 heavy (non-hydrogen) atoms. The number of hydrogen-bond acceptors (Lipinski definition) is 3. The van der Waals surface area contributed by atoms with Gasteiger partial charge in [0.25, 0.3) is 0 Å². The highest BCUT2D eigenvalue weighted by molar-refractivity contribution is 5.03. The predicted molar refractivity (Wildman–Crippen MR) is 62.2 cm³/mol. The van der Waals surface area contributed by atoms with Gasteiger partial charge in [-0.25, -0.2) is 0 Å². The smallest absolute Gasteiger partial charge is 0.308 e. The van der Waals surface area contributed by atoms with Crippen LogP contribution in [0.2, 0.25) is 0 Å². The highest BCUT2D eigenvalue weighted by Crippen LogP contribution is 2.41. The van der Waals surface area contributed by atoms with Crippen molar-refractivity contribution >= 4 is 0 Å². The normalized spacial score (nSPS) is 34.8. The first-order valence-electron chi connectivity index (χ1n) is 6.50. The van der Waals surface area contributed by atoms with Gasteiger partial charge in [-0.05, 0) is 32.6 Å². The quantitative estimate of drug-likeness (QED) is 0.842. The standard InChI is InChI=1S/C12H21F3N2O/c1-9-7-16-11(2,10-3-4-10)8-17(9)5-6-18-12(13,14)15/h9-10,16H,3-8H2,1-2H3. The number of rotatable bonds is 4. The van der Waals surface area contributed by atoms with E-state index in [0.717, 1.165) is 13.1 Å². The van der Waals surface area contributed by atoms with Crippen molar-refractivity contribution in [3.63, 3.8) is 0 Å². The van der Waals surface area contributed by atoms with Gasteiger partial charge in [-0.15, -0.1) is 13.2 Å². The van der Waals surface area contributed by atoms with Crippen LogP contribution >= 0.6 is 0 Å². The summed E-state index contributed by atoms with van der Waals surface area (Å²) in [6.07, 6.45) is -2.06. The largest absolute Gasteiger partial charge is 0.522 e. The first kappa shape index (κ1) is 14.1. The Morgan fingerprint density at radius 3 is 2.61 bits per heavy atom. The second-order valence-corrected chi connectivity index (χ2v) is 5.69. The molecule has 3 nitrogen and oxygen atoms in total. The minimum atomic E-state index is -4.52. The molecule has 2 fully saturated rings. The molecule has 0 aromatic rings. The lowest BCUT2D eigenvalue weighted by Crippen LogP contribution is -2.63. The molecule has 0 bridgehead atoms. The van der Waals surface area contributed by atoms with E-state index in [1.165, 1.54) is 12.8 Å². The monoisotopic (exact) mass is 266 g/mol. The molecule has 0 amide bonds. The van der Waals surface area contributed by atoms with E-state index >= 15 is 0 Å². The number of alkyl halides is 3. The molecule has 1 heterocycles. The Balaban J connectivity index is 1.82. The highest BCUT2D eigenvalue weighted by Gasteiger charge is 2.45. The third-order valence-corrected chi connectivity index (χ3v) is 4.08. The molecule has 2 unspecified atom stereocenters. The van der Waals surface area contributed by atoms with Crippen LogP contribution in [-0.4, -0.2) is 49.1 Å². The molecule has 2 aliphatic rings. The van der Waals surface area contributed by atoms with Gasteiger partial charge in [-0.1, -0.05) is 0 Å². The van der Waals surface area contributed by atoms with E-state index in [4.69, 9.17) is 0 Å². The van der Waals surface area contributed by atoms with Gasteiger partial charge in [0, 0.05) is 31.2 Å². The zero-order valence-corrected chi connectivity index (χ0v) is 10.9. The average molecular weight is 266 g/mol. The maximum absolute atomic E-state index is 11.9. The third kappa shape index (κ3) is 3.59. The summed E-state index contributed by atoms with van der Waals surface area (Å²) in [6.45, 7) is 5.90. The topological polar surface area (TPSA) is 24.5 Å². The summed E-state index contributed by atoms with van der Waals surface area (Å²) in [6, 6.07) is 0.258. The van der Waals surface area contributed by atoms with Crippen LogP contribution in [0, 0.1) is 5.92 Å². The van der Waals surface area contributed by atoms with Crippen molar-refractivity contribution in [2.24, 2.45) is 5.92 Å². The van der Waals surface area contributed by atoms with Crippen LogP contribution in [0.15, 0.2) is 0 Å². The molecule has 106 valence electrons. The number of nitrogens with zero attached hydrogens (tertiary/aromatic N) is 1. The van der Waals surface area contributed by atoms with Crippen molar-refractivity contribution in [1.29, 1.82) is 0 Å². The van der Waals surface area contributed by atoms with Gasteiger partial charge in [-0.3, -0.25) is 9.64 Å². The molecular weight excluding hydrogens is 245 g/mol. The van der Waals surface area contributed by atoms with Crippen molar-refractivity contribution in [3.05, 3.63) is 0 Å². The maximum atomic E-state index is 11.9.